The molecule has 1 aliphatic rings. The lowest BCUT2D eigenvalue weighted by molar-refractivity contribution is -0.123. The molecule has 1 aromatic heterocycles. The van der Waals surface area contributed by atoms with E-state index in [1.807, 2.05) is 30.3 Å². The predicted octanol–water partition coefficient (Wildman–Crippen LogP) is 3.96. The molecule has 3 N–H and O–H groups in total. The molecule has 1 aliphatic heterocycles. The van der Waals surface area contributed by atoms with Gasteiger partial charge in [-0.05, 0) is 30.2 Å². The van der Waals surface area contributed by atoms with Crippen LogP contribution in [-0.4, -0.2) is 27.5 Å². The summed E-state index contributed by atoms with van der Waals surface area (Å²) >= 11 is 7.10. The van der Waals surface area contributed by atoms with Crippen LogP contribution in [0.2, 0.25) is 5.02 Å². The topological polar surface area (TPSA) is 104 Å². The van der Waals surface area contributed by atoms with Crippen LogP contribution in [0.4, 0.5) is 15.9 Å². The van der Waals surface area contributed by atoms with Gasteiger partial charge in [-0.25, -0.2) is 9.37 Å². The van der Waals surface area contributed by atoms with Crippen LogP contribution in [-0.2, 0) is 16.0 Å². The number of rotatable bonds is 6. The third-order valence-electron chi connectivity index (χ3n) is 4.91. The van der Waals surface area contributed by atoms with Gasteiger partial charge in [0.25, 0.3) is 5.56 Å². The Labute approximate surface area is 191 Å². The normalized spacial score (nSPS) is 15.1. The lowest BCUT2D eigenvalue weighted by Gasteiger charge is -2.23. The maximum atomic E-state index is 13.4. The van der Waals surface area contributed by atoms with Crippen LogP contribution in [0.1, 0.15) is 23.5 Å². The summed E-state index contributed by atoms with van der Waals surface area (Å²) in [5, 5.41) is 5.37. The van der Waals surface area contributed by atoms with Crippen LogP contribution in [0, 0.1) is 5.82 Å². The summed E-state index contributed by atoms with van der Waals surface area (Å²) in [6.45, 7) is 0. The van der Waals surface area contributed by atoms with E-state index in [0.717, 1.165) is 18.1 Å². The van der Waals surface area contributed by atoms with Gasteiger partial charge in [-0.1, -0.05) is 53.7 Å². The Kier molecular flexibility index (Phi) is 6.57. The minimum atomic E-state index is -1.04. The summed E-state index contributed by atoms with van der Waals surface area (Å²) in [4.78, 5) is 44.8. The highest BCUT2D eigenvalue weighted by molar-refractivity contribution is 7.99. The zero-order valence-corrected chi connectivity index (χ0v) is 18.2. The van der Waals surface area contributed by atoms with Crippen molar-refractivity contribution in [1.82, 2.24) is 9.97 Å². The molecule has 2 heterocycles. The summed E-state index contributed by atoms with van der Waals surface area (Å²) in [6, 6.07) is 13.6. The molecule has 0 bridgehead atoms. The van der Waals surface area contributed by atoms with Crippen LogP contribution in [0.3, 0.4) is 0 Å². The fraction of sp³-hybridized carbons (Fsp3) is 0.182. The number of nitrogens with zero attached hydrogens (tertiary/aromatic N) is 1. The molecule has 0 spiro atoms. The number of anilines is 2. The molecule has 10 heteroatoms. The molecule has 2 amide bonds. The van der Waals surface area contributed by atoms with Crippen LogP contribution < -0.4 is 16.2 Å². The highest BCUT2D eigenvalue weighted by Crippen LogP contribution is 2.31. The SMILES string of the molecule is O=C1CC(C(=O)Nc2ccc(F)c(Cl)c2)c2c(nc(SCCc3ccccc3)[nH]c2=O)N1. The first-order valence-electron chi connectivity index (χ1n) is 9.77. The number of aromatic nitrogens is 2. The standard InChI is InChI=1S/C22H18ClFN4O3S/c23-15-10-13(6-7-16(15)24)25-20(30)14-11-17(29)26-19-18(14)21(31)28-22(27-19)32-9-8-12-4-2-1-3-5-12/h1-7,10,14H,8-9,11H2,(H,25,30)(H2,26,27,28,29,31). The van der Waals surface area contributed by atoms with E-state index in [9.17, 15) is 18.8 Å². The fourth-order valence-electron chi connectivity index (χ4n) is 3.36. The average molecular weight is 473 g/mol. The first kappa shape index (κ1) is 22.0. The smallest absolute Gasteiger partial charge is 0.257 e. The summed E-state index contributed by atoms with van der Waals surface area (Å²) in [7, 11) is 0. The Morgan fingerprint density at radius 1 is 1.22 bits per heavy atom. The summed E-state index contributed by atoms with van der Waals surface area (Å²) in [6.07, 6.45) is 0.572. The molecule has 3 aromatic rings. The van der Waals surface area contributed by atoms with Gasteiger partial charge >= 0.3 is 0 Å². The molecule has 32 heavy (non-hydrogen) atoms. The lowest BCUT2D eigenvalue weighted by Crippen LogP contribution is -2.36. The lowest BCUT2D eigenvalue weighted by atomic mass is 9.92. The molecule has 2 aromatic carbocycles. The van der Waals surface area contributed by atoms with Gasteiger partial charge in [0.15, 0.2) is 5.16 Å². The Hall–Kier alpha value is -3.17. The molecule has 1 unspecified atom stereocenters. The Balaban J connectivity index is 1.52. The number of halogens is 2. The number of fused-ring (bicyclic) bond motifs is 1. The van der Waals surface area contributed by atoms with Crippen LogP contribution >= 0.6 is 23.4 Å². The molecular weight excluding hydrogens is 455 g/mol. The van der Waals surface area contributed by atoms with E-state index in [2.05, 4.69) is 20.6 Å². The minimum Gasteiger partial charge on any atom is -0.325 e. The second-order valence-electron chi connectivity index (χ2n) is 7.14. The molecule has 0 saturated carbocycles. The molecule has 0 radical (unpaired) electrons. The largest absolute Gasteiger partial charge is 0.325 e. The number of H-pyrrole nitrogens is 1. The number of thioether (sulfide) groups is 1. The molecule has 4 rings (SSSR count). The van der Waals surface area contributed by atoms with E-state index < -0.39 is 29.1 Å². The third kappa shape index (κ3) is 5.00. The minimum absolute atomic E-state index is 0.0736. The maximum Gasteiger partial charge on any atom is 0.257 e. The van der Waals surface area contributed by atoms with Crippen LogP contribution in [0.25, 0.3) is 0 Å². The second kappa shape index (κ2) is 9.54. The first-order chi connectivity index (χ1) is 15.4. The average Bonchev–Trinajstić information content (AvgIpc) is 2.76. The number of hydrogen-bond donors (Lipinski definition) is 3. The quantitative estimate of drug-likeness (QED) is 0.372. The van der Waals surface area contributed by atoms with Crippen molar-refractivity contribution in [2.24, 2.45) is 0 Å². The van der Waals surface area contributed by atoms with Gasteiger partial charge in [0.1, 0.15) is 11.6 Å². The van der Waals surface area contributed by atoms with Crippen molar-refractivity contribution >= 4 is 46.7 Å². The number of nitrogens with one attached hydrogen (secondary N) is 3. The van der Waals surface area contributed by atoms with E-state index in [1.165, 1.54) is 23.9 Å². The first-order valence-corrected chi connectivity index (χ1v) is 11.1. The van der Waals surface area contributed by atoms with E-state index in [-0.39, 0.29) is 28.5 Å². The van der Waals surface area contributed by atoms with Crippen LogP contribution in [0.15, 0.2) is 58.5 Å². The van der Waals surface area contributed by atoms with Gasteiger partial charge < -0.3 is 15.6 Å². The van der Waals surface area contributed by atoms with E-state index in [1.54, 1.807) is 0 Å². The molecule has 0 fully saturated rings. The molecule has 0 saturated heterocycles. The van der Waals surface area contributed by atoms with Gasteiger partial charge in [-0.15, -0.1) is 0 Å². The Bertz CT molecular complexity index is 1240. The van der Waals surface area contributed by atoms with E-state index in [4.69, 9.17) is 11.6 Å². The number of carbonyl (C=O) groups is 2. The predicted molar refractivity (Wildman–Crippen MR) is 122 cm³/mol. The molecule has 7 nitrogen and oxygen atoms in total. The van der Waals surface area contributed by atoms with Crippen molar-refractivity contribution in [1.29, 1.82) is 0 Å². The highest BCUT2D eigenvalue weighted by Gasteiger charge is 2.34. The fourth-order valence-corrected chi connectivity index (χ4v) is 4.39. The molecule has 1 atom stereocenters. The van der Waals surface area contributed by atoms with E-state index in [0.29, 0.717) is 10.9 Å². The van der Waals surface area contributed by atoms with Gasteiger partial charge in [-0.2, -0.15) is 0 Å². The number of carbonyl (C=O) groups excluding carboxylic acids is 2. The van der Waals surface area contributed by atoms with Gasteiger partial charge in [0.05, 0.1) is 16.5 Å². The number of hydrogen-bond acceptors (Lipinski definition) is 5. The monoisotopic (exact) mass is 472 g/mol. The number of aromatic amines is 1. The highest BCUT2D eigenvalue weighted by atomic mass is 35.5. The maximum absolute atomic E-state index is 13.4. The zero-order chi connectivity index (χ0) is 22.7. The molecule has 164 valence electrons. The molecule has 0 aliphatic carbocycles. The van der Waals surface area contributed by atoms with Crippen molar-refractivity contribution < 1.29 is 14.0 Å². The number of aryl methyl sites for hydroxylation is 1. The summed E-state index contributed by atoms with van der Waals surface area (Å²) in [5.41, 5.74) is 1.01. The zero-order valence-electron chi connectivity index (χ0n) is 16.7. The van der Waals surface area contributed by atoms with Crippen molar-refractivity contribution in [2.45, 2.75) is 23.9 Å². The Morgan fingerprint density at radius 3 is 2.75 bits per heavy atom. The number of benzene rings is 2. The van der Waals surface area contributed by atoms with Crippen molar-refractivity contribution in [3.8, 4) is 0 Å². The van der Waals surface area contributed by atoms with Gasteiger partial charge in [0, 0.05) is 17.9 Å². The van der Waals surface area contributed by atoms with Crippen molar-refractivity contribution in [2.75, 3.05) is 16.4 Å². The van der Waals surface area contributed by atoms with Crippen molar-refractivity contribution in [3.05, 3.63) is 80.9 Å². The van der Waals surface area contributed by atoms with Gasteiger partial charge in [0.2, 0.25) is 11.8 Å². The number of amides is 2. The summed E-state index contributed by atoms with van der Waals surface area (Å²) < 4.78 is 13.4. The van der Waals surface area contributed by atoms with Gasteiger partial charge in [-0.3, -0.25) is 14.4 Å². The van der Waals surface area contributed by atoms with Crippen LogP contribution in [0.5, 0.6) is 0 Å². The third-order valence-corrected chi connectivity index (χ3v) is 6.07. The summed E-state index contributed by atoms with van der Waals surface area (Å²) in [5.74, 6) is -1.92. The van der Waals surface area contributed by atoms with E-state index >= 15 is 0 Å². The van der Waals surface area contributed by atoms with Crippen molar-refractivity contribution in [3.63, 3.8) is 0 Å². The Morgan fingerprint density at radius 2 is 2.00 bits per heavy atom. The second-order valence-corrected chi connectivity index (χ2v) is 8.63. The molecular formula is C22H18ClFN4O3S.